The average molecular weight is 349 g/mol. The summed E-state index contributed by atoms with van der Waals surface area (Å²) in [6.07, 6.45) is 1.81. The molecule has 1 aromatic heterocycles. The number of carbonyl (C=O) groups is 1. The van der Waals surface area contributed by atoms with Crippen LogP contribution in [0.5, 0.6) is 11.8 Å². The predicted octanol–water partition coefficient (Wildman–Crippen LogP) is 3.88. The van der Waals surface area contributed by atoms with Gasteiger partial charge < -0.3 is 14.2 Å². The first-order valence-electron chi connectivity index (χ1n) is 8.70. The molecule has 0 spiro atoms. The highest BCUT2D eigenvalue weighted by Crippen LogP contribution is 2.28. The molecule has 1 unspecified atom stereocenters. The summed E-state index contributed by atoms with van der Waals surface area (Å²) in [7, 11) is 0. The van der Waals surface area contributed by atoms with E-state index in [2.05, 4.69) is 10.1 Å². The molecule has 0 saturated carbocycles. The third-order valence-corrected chi connectivity index (χ3v) is 4.45. The number of amides is 1. The molecule has 1 aliphatic heterocycles. The van der Waals surface area contributed by atoms with Crippen molar-refractivity contribution in [3.8, 4) is 11.8 Å². The van der Waals surface area contributed by atoms with Gasteiger partial charge in [-0.25, -0.2) is 0 Å². The zero-order valence-electron chi connectivity index (χ0n) is 14.2. The van der Waals surface area contributed by atoms with Gasteiger partial charge in [0.15, 0.2) is 0 Å². The van der Waals surface area contributed by atoms with Crippen LogP contribution < -0.4 is 4.74 Å². The minimum atomic E-state index is 0.0250. The molecule has 2 aromatic carbocycles. The molecular formula is C20H19N3O3. The number of benzene rings is 2. The van der Waals surface area contributed by atoms with Gasteiger partial charge in [-0.2, -0.15) is 4.98 Å². The van der Waals surface area contributed by atoms with E-state index in [0.717, 1.165) is 19.4 Å². The Bertz CT molecular complexity index is 864. The topological polar surface area (TPSA) is 68.5 Å². The second-order valence-electron chi connectivity index (χ2n) is 6.29. The second-order valence-corrected chi connectivity index (χ2v) is 6.29. The van der Waals surface area contributed by atoms with E-state index in [4.69, 9.17) is 9.26 Å². The minimum Gasteiger partial charge on any atom is -0.422 e. The first kappa shape index (κ1) is 16.3. The fourth-order valence-corrected chi connectivity index (χ4v) is 3.15. The van der Waals surface area contributed by atoms with E-state index in [1.165, 1.54) is 0 Å². The molecule has 132 valence electrons. The van der Waals surface area contributed by atoms with Gasteiger partial charge in [0.25, 0.3) is 5.91 Å². The molecule has 0 bridgehead atoms. The molecule has 2 heterocycles. The maximum Gasteiger partial charge on any atom is 0.359 e. The molecule has 0 aliphatic carbocycles. The van der Waals surface area contributed by atoms with Crippen LogP contribution in [0.2, 0.25) is 0 Å². The molecule has 6 heteroatoms. The lowest BCUT2D eigenvalue weighted by Crippen LogP contribution is -2.39. The van der Waals surface area contributed by atoms with E-state index in [0.29, 0.717) is 23.7 Å². The number of aromatic nitrogens is 2. The monoisotopic (exact) mass is 349 g/mol. The lowest BCUT2D eigenvalue weighted by molar-refractivity contribution is 0.0695. The number of para-hydroxylation sites is 1. The minimum absolute atomic E-state index is 0.0250. The number of ether oxygens (including phenoxy) is 1. The molecule has 3 aromatic rings. The van der Waals surface area contributed by atoms with Gasteiger partial charge in [-0.05, 0) is 42.3 Å². The number of hydrogen-bond acceptors (Lipinski definition) is 5. The molecule has 1 aliphatic rings. The van der Waals surface area contributed by atoms with Crippen molar-refractivity contribution < 1.29 is 14.1 Å². The largest absolute Gasteiger partial charge is 0.422 e. The van der Waals surface area contributed by atoms with Gasteiger partial charge in [-0.15, -0.1) is 0 Å². The lowest BCUT2D eigenvalue weighted by Gasteiger charge is -2.31. The molecule has 4 rings (SSSR count). The van der Waals surface area contributed by atoms with Crippen LogP contribution in [-0.2, 0) is 0 Å². The summed E-state index contributed by atoms with van der Waals surface area (Å²) < 4.78 is 11.0. The van der Waals surface area contributed by atoms with Gasteiger partial charge in [0.05, 0.1) is 5.92 Å². The Labute approximate surface area is 151 Å². The smallest absolute Gasteiger partial charge is 0.359 e. The third kappa shape index (κ3) is 3.59. The summed E-state index contributed by atoms with van der Waals surface area (Å²) in [6.45, 7) is 1.31. The first-order chi connectivity index (χ1) is 12.8. The Hall–Kier alpha value is -3.15. The van der Waals surface area contributed by atoms with Crippen LogP contribution in [0.1, 0.15) is 35.0 Å². The van der Waals surface area contributed by atoms with Crippen molar-refractivity contribution in [1.82, 2.24) is 15.0 Å². The fraction of sp³-hybridized carbons (Fsp3) is 0.250. The van der Waals surface area contributed by atoms with Gasteiger partial charge >= 0.3 is 6.01 Å². The van der Waals surface area contributed by atoms with Crippen LogP contribution in [0.15, 0.2) is 65.2 Å². The summed E-state index contributed by atoms with van der Waals surface area (Å²) in [5.41, 5.74) is 0.701. The third-order valence-electron chi connectivity index (χ3n) is 4.45. The van der Waals surface area contributed by atoms with Crippen LogP contribution in [0.3, 0.4) is 0 Å². The fourth-order valence-electron chi connectivity index (χ4n) is 3.15. The Morgan fingerprint density at radius 3 is 2.58 bits per heavy atom. The Balaban J connectivity index is 1.44. The van der Waals surface area contributed by atoms with Crippen LogP contribution >= 0.6 is 0 Å². The molecule has 0 radical (unpaired) electrons. The standard InChI is InChI=1S/C20H19N3O3/c24-19(15-8-3-1-4-9-15)23-13-7-10-16(14-23)18-21-20(22-26-18)25-17-11-5-2-6-12-17/h1-6,8-9,11-12,16H,7,10,13-14H2. The van der Waals surface area contributed by atoms with E-state index < -0.39 is 0 Å². The number of rotatable bonds is 4. The molecule has 1 fully saturated rings. The van der Waals surface area contributed by atoms with Crippen molar-refractivity contribution in [1.29, 1.82) is 0 Å². The van der Waals surface area contributed by atoms with Crippen molar-refractivity contribution in [3.05, 3.63) is 72.1 Å². The van der Waals surface area contributed by atoms with E-state index in [-0.39, 0.29) is 17.8 Å². The van der Waals surface area contributed by atoms with E-state index in [1.807, 2.05) is 65.6 Å². The Morgan fingerprint density at radius 2 is 1.81 bits per heavy atom. The SMILES string of the molecule is O=C(c1ccccc1)N1CCCC(c2nc(Oc3ccccc3)no2)C1. The summed E-state index contributed by atoms with van der Waals surface area (Å²) in [4.78, 5) is 18.9. The summed E-state index contributed by atoms with van der Waals surface area (Å²) >= 11 is 0. The maximum atomic E-state index is 12.7. The highest BCUT2D eigenvalue weighted by molar-refractivity contribution is 5.94. The molecule has 1 atom stereocenters. The van der Waals surface area contributed by atoms with Gasteiger partial charge in [-0.1, -0.05) is 36.4 Å². The molecule has 0 N–H and O–H groups in total. The summed E-state index contributed by atoms with van der Waals surface area (Å²) in [5.74, 6) is 1.23. The summed E-state index contributed by atoms with van der Waals surface area (Å²) in [5, 5.41) is 3.90. The lowest BCUT2D eigenvalue weighted by atomic mass is 9.97. The number of likely N-dealkylation sites (tertiary alicyclic amines) is 1. The van der Waals surface area contributed by atoms with Gasteiger partial charge in [0, 0.05) is 18.7 Å². The van der Waals surface area contributed by atoms with E-state index in [9.17, 15) is 4.79 Å². The normalized spacial score (nSPS) is 17.1. The van der Waals surface area contributed by atoms with Gasteiger partial charge in [-0.3, -0.25) is 4.79 Å². The maximum absolute atomic E-state index is 12.7. The van der Waals surface area contributed by atoms with E-state index in [1.54, 1.807) is 0 Å². The highest BCUT2D eigenvalue weighted by Gasteiger charge is 2.29. The predicted molar refractivity (Wildman–Crippen MR) is 95.1 cm³/mol. The first-order valence-corrected chi connectivity index (χ1v) is 8.70. The molecule has 26 heavy (non-hydrogen) atoms. The average Bonchev–Trinajstić information content (AvgIpc) is 3.17. The van der Waals surface area contributed by atoms with Crippen molar-refractivity contribution in [2.24, 2.45) is 0 Å². The van der Waals surface area contributed by atoms with Crippen molar-refractivity contribution in [2.45, 2.75) is 18.8 Å². The number of hydrogen-bond donors (Lipinski definition) is 0. The zero-order valence-corrected chi connectivity index (χ0v) is 14.2. The quantitative estimate of drug-likeness (QED) is 0.715. The molecule has 1 saturated heterocycles. The van der Waals surface area contributed by atoms with Crippen LogP contribution in [0.25, 0.3) is 0 Å². The number of carbonyl (C=O) groups excluding carboxylic acids is 1. The number of nitrogens with zero attached hydrogens (tertiary/aromatic N) is 3. The van der Waals surface area contributed by atoms with Crippen molar-refractivity contribution >= 4 is 5.91 Å². The van der Waals surface area contributed by atoms with Crippen LogP contribution in [0, 0.1) is 0 Å². The van der Waals surface area contributed by atoms with Crippen molar-refractivity contribution in [2.75, 3.05) is 13.1 Å². The van der Waals surface area contributed by atoms with Crippen molar-refractivity contribution in [3.63, 3.8) is 0 Å². The zero-order chi connectivity index (χ0) is 17.8. The Morgan fingerprint density at radius 1 is 1.08 bits per heavy atom. The molecule has 6 nitrogen and oxygen atoms in total. The molecular weight excluding hydrogens is 330 g/mol. The highest BCUT2D eigenvalue weighted by atomic mass is 16.6. The summed E-state index contributed by atoms with van der Waals surface area (Å²) in [6, 6.07) is 18.9. The van der Waals surface area contributed by atoms with Gasteiger partial charge in [0.2, 0.25) is 5.89 Å². The molecule has 1 amide bonds. The second kappa shape index (κ2) is 7.39. The van der Waals surface area contributed by atoms with Crippen LogP contribution in [0.4, 0.5) is 0 Å². The number of piperidine rings is 1. The Kier molecular flexibility index (Phi) is 4.64. The van der Waals surface area contributed by atoms with Gasteiger partial charge in [0.1, 0.15) is 5.75 Å². The van der Waals surface area contributed by atoms with E-state index >= 15 is 0 Å². The van der Waals surface area contributed by atoms with Crippen LogP contribution in [-0.4, -0.2) is 34.0 Å².